The maximum atomic E-state index is 13.2. The van der Waals surface area contributed by atoms with Crippen molar-refractivity contribution < 1.29 is 14.3 Å². The summed E-state index contributed by atoms with van der Waals surface area (Å²) in [6.07, 6.45) is 5.25. The van der Waals surface area contributed by atoms with E-state index in [1.807, 2.05) is 4.57 Å². The lowest BCUT2D eigenvalue weighted by Gasteiger charge is -2.44. The molecule has 2 aliphatic rings. The summed E-state index contributed by atoms with van der Waals surface area (Å²) in [7, 11) is 0. The number of hydrogen-bond acceptors (Lipinski definition) is 5. The summed E-state index contributed by atoms with van der Waals surface area (Å²) in [5.41, 5.74) is 1.82. The minimum atomic E-state index is -0.786. The van der Waals surface area contributed by atoms with E-state index >= 15 is 0 Å². The van der Waals surface area contributed by atoms with Crippen LogP contribution >= 0.6 is 11.6 Å². The normalized spacial score (nSPS) is 19.1. The van der Waals surface area contributed by atoms with Gasteiger partial charge in [0.2, 0.25) is 5.28 Å². The van der Waals surface area contributed by atoms with Crippen LogP contribution in [0.15, 0.2) is 12.3 Å². The Bertz CT molecular complexity index is 927. The van der Waals surface area contributed by atoms with Crippen LogP contribution in [0.1, 0.15) is 52.9 Å². The molecule has 1 spiro atoms. The summed E-state index contributed by atoms with van der Waals surface area (Å²) in [6.45, 7) is 5.33. The molecule has 2 aromatic rings. The second kappa shape index (κ2) is 6.09. The summed E-state index contributed by atoms with van der Waals surface area (Å²) in [6, 6.07) is 1.78. The number of hydrogen-bond donors (Lipinski definition) is 1. The zero-order valence-corrected chi connectivity index (χ0v) is 16.3. The van der Waals surface area contributed by atoms with Gasteiger partial charge in [0.1, 0.15) is 22.6 Å². The number of amides is 2. The lowest BCUT2D eigenvalue weighted by atomic mass is 9.80. The van der Waals surface area contributed by atoms with Gasteiger partial charge in [-0.1, -0.05) is 19.3 Å². The van der Waals surface area contributed by atoms with Crippen LogP contribution in [0.4, 0.5) is 10.6 Å². The first-order valence-corrected chi connectivity index (χ1v) is 9.48. The van der Waals surface area contributed by atoms with Crippen LogP contribution in [0.25, 0.3) is 11.0 Å². The van der Waals surface area contributed by atoms with Gasteiger partial charge in [-0.05, 0) is 51.3 Å². The number of rotatable bonds is 0. The molecule has 2 aromatic heterocycles. The van der Waals surface area contributed by atoms with Gasteiger partial charge in [0.05, 0.1) is 0 Å². The summed E-state index contributed by atoms with van der Waals surface area (Å²) in [5, 5.41) is 1.97. The van der Waals surface area contributed by atoms with E-state index in [1.54, 1.807) is 33.0 Å². The Balaban J connectivity index is 1.91. The molecular formula is C18H22ClN5O3. The highest BCUT2D eigenvalue weighted by atomic mass is 35.5. The van der Waals surface area contributed by atoms with Gasteiger partial charge < -0.3 is 4.74 Å². The third-order valence-electron chi connectivity index (χ3n) is 5.04. The van der Waals surface area contributed by atoms with Gasteiger partial charge in [0, 0.05) is 11.6 Å². The van der Waals surface area contributed by atoms with Crippen LogP contribution in [0.5, 0.6) is 0 Å². The number of halogens is 1. The summed E-state index contributed by atoms with van der Waals surface area (Å²) in [5.74, 6) is 0.283. The standard InChI is InChI=1S/C18H22ClN5O3/c1-17(2,3)27-16(26)24-12-9-11-10-20-15(19)21-13(11)23(12)18(14(25)22-24)7-5-4-6-8-18/h9-10H,4-8H2,1-3H3,(H,22,25). The minimum absolute atomic E-state index is 0.101. The third-order valence-corrected chi connectivity index (χ3v) is 5.22. The topological polar surface area (TPSA) is 89.4 Å². The fraction of sp³-hybridized carbons (Fsp3) is 0.556. The van der Waals surface area contributed by atoms with E-state index in [1.165, 1.54) is 0 Å². The average Bonchev–Trinajstić information content (AvgIpc) is 2.96. The molecule has 27 heavy (non-hydrogen) atoms. The number of nitrogens with one attached hydrogen (secondary N) is 1. The van der Waals surface area contributed by atoms with E-state index in [9.17, 15) is 9.59 Å². The monoisotopic (exact) mass is 391 g/mol. The quantitative estimate of drug-likeness (QED) is 0.694. The van der Waals surface area contributed by atoms with Crippen molar-refractivity contribution in [1.29, 1.82) is 0 Å². The van der Waals surface area contributed by atoms with E-state index in [0.29, 0.717) is 29.7 Å². The summed E-state index contributed by atoms with van der Waals surface area (Å²) in [4.78, 5) is 34.3. The molecule has 0 saturated heterocycles. The molecule has 1 aliphatic heterocycles. The van der Waals surface area contributed by atoms with Gasteiger partial charge in [-0.3, -0.25) is 14.8 Å². The summed E-state index contributed by atoms with van der Waals surface area (Å²) < 4.78 is 7.32. The molecule has 8 nitrogen and oxygen atoms in total. The third kappa shape index (κ3) is 2.92. The number of carbonyl (C=O) groups is 2. The van der Waals surface area contributed by atoms with Crippen molar-refractivity contribution in [2.45, 2.75) is 64.0 Å². The molecule has 0 aromatic carbocycles. The highest BCUT2D eigenvalue weighted by Crippen LogP contribution is 2.44. The Morgan fingerprint density at radius 3 is 2.67 bits per heavy atom. The number of anilines is 1. The average molecular weight is 392 g/mol. The van der Waals surface area contributed by atoms with Gasteiger partial charge in [-0.15, -0.1) is 0 Å². The van der Waals surface area contributed by atoms with Gasteiger partial charge in [-0.25, -0.2) is 9.78 Å². The van der Waals surface area contributed by atoms with Crippen molar-refractivity contribution in [3.8, 4) is 0 Å². The number of ether oxygens (including phenoxy) is 1. The second-order valence-electron chi connectivity index (χ2n) is 8.10. The first kappa shape index (κ1) is 18.0. The zero-order valence-electron chi connectivity index (χ0n) is 15.6. The molecule has 1 N–H and O–H groups in total. The van der Waals surface area contributed by atoms with Crippen LogP contribution in [-0.2, 0) is 15.1 Å². The van der Waals surface area contributed by atoms with E-state index in [4.69, 9.17) is 16.3 Å². The highest BCUT2D eigenvalue weighted by molar-refractivity contribution is 6.28. The van der Waals surface area contributed by atoms with E-state index in [2.05, 4.69) is 15.4 Å². The van der Waals surface area contributed by atoms with Crippen molar-refractivity contribution in [2.75, 3.05) is 5.01 Å². The Morgan fingerprint density at radius 1 is 1.30 bits per heavy atom. The second-order valence-corrected chi connectivity index (χ2v) is 8.44. The van der Waals surface area contributed by atoms with Gasteiger partial charge in [0.25, 0.3) is 5.91 Å². The van der Waals surface area contributed by atoms with Gasteiger partial charge in [0.15, 0.2) is 0 Å². The molecule has 1 aliphatic carbocycles. The van der Waals surface area contributed by atoms with Crippen molar-refractivity contribution in [3.63, 3.8) is 0 Å². The van der Waals surface area contributed by atoms with Crippen LogP contribution in [0.3, 0.4) is 0 Å². The molecule has 144 valence electrons. The summed E-state index contributed by atoms with van der Waals surface area (Å²) >= 11 is 6.03. The van der Waals surface area contributed by atoms with Crippen LogP contribution in [-0.4, -0.2) is 32.1 Å². The Labute approximate surface area is 161 Å². The van der Waals surface area contributed by atoms with Crippen LogP contribution < -0.4 is 10.4 Å². The highest BCUT2D eigenvalue weighted by Gasteiger charge is 2.49. The zero-order chi connectivity index (χ0) is 19.4. The largest absolute Gasteiger partial charge is 0.442 e. The predicted octanol–water partition coefficient (Wildman–Crippen LogP) is 3.53. The molecule has 4 rings (SSSR count). The fourth-order valence-electron chi connectivity index (χ4n) is 3.94. The number of aromatic nitrogens is 3. The molecule has 0 unspecified atom stereocenters. The lowest BCUT2D eigenvalue weighted by molar-refractivity contribution is -0.132. The lowest BCUT2D eigenvalue weighted by Crippen LogP contribution is -2.62. The SMILES string of the molecule is CC(C)(C)OC(=O)N1NC(=O)C2(CCCCC2)n2c1cc1cnc(Cl)nc12. The maximum absolute atomic E-state index is 13.2. The Morgan fingerprint density at radius 2 is 2.00 bits per heavy atom. The maximum Gasteiger partial charge on any atom is 0.435 e. The van der Waals surface area contributed by atoms with Crippen LogP contribution in [0, 0.1) is 0 Å². The van der Waals surface area contributed by atoms with E-state index < -0.39 is 17.2 Å². The first-order chi connectivity index (χ1) is 12.7. The minimum Gasteiger partial charge on any atom is -0.442 e. The molecule has 0 atom stereocenters. The van der Waals surface area contributed by atoms with Crippen molar-refractivity contribution in [2.24, 2.45) is 0 Å². The molecule has 0 radical (unpaired) electrons. The molecule has 2 amide bonds. The van der Waals surface area contributed by atoms with Crippen molar-refractivity contribution >= 4 is 40.5 Å². The van der Waals surface area contributed by atoms with Gasteiger partial charge in [-0.2, -0.15) is 9.99 Å². The van der Waals surface area contributed by atoms with Crippen LogP contribution in [0.2, 0.25) is 5.28 Å². The molecule has 1 fully saturated rings. The number of carbonyl (C=O) groups excluding carboxylic acids is 2. The number of nitrogens with zero attached hydrogens (tertiary/aromatic N) is 4. The molecule has 3 heterocycles. The van der Waals surface area contributed by atoms with Crippen molar-refractivity contribution in [3.05, 3.63) is 17.5 Å². The molecular weight excluding hydrogens is 370 g/mol. The molecule has 1 saturated carbocycles. The van der Waals surface area contributed by atoms with Crippen molar-refractivity contribution in [1.82, 2.24) is 20.0 Å². The molecule has 9 heteroatoms. The fourth-order valence-corrected chi connectivity index (χ4v) is 4.07. The Kier molecular flexibility index (Phi) is 4.06. The smallest absolute Gasteiger partial charge is 0.435 e. The Hall–Kier alpha value is -2.35. The first-order valence-electron chi connectivity index (χ1n) is 9.10. The van der Waals surface area contributed by atoms with E-state index in [0.717, 1.165) is 24.3 Å². The van der Waals surface area contributed by atoms with Gasteiger partial charge >= 0.3 is 6.09 Å². The predicted molar refractivity (Wildman–Crippen MR) is 100 cm³/mol. The number of hydrazine groups is 1. The van der Waals surface area contributed by atoms with E-state index in [-0.39, 0.29) is 11.2 Å². The number of fused-ring (bicyclic) bond motifs is 4. The molecule has 0 bridgehead atoms.